The van der Waals surface area contributed by atoms with Crippen LogP contribution in [0.2, 0.25) is 0 Å². The maximum atomic E-state index is 5.63. The van der Waals surface area contributed by atoms with Gasteiger partial charge in [-0.2, -0.15) is 0 Å². The molecule has 1 heterocycles. The van der Waals surface area contributed by atoms with E-state index < -0.39 is 0 Å². The average molecular weight is 325 g/mol. The smallest absolute Gasteiger partial charge is 0.133 e. The Balaban J connectivity index is 2.16. The topological polar surface area (TPSA) is 60.4 Å². The summed E-state index contributed by atoms with van der Waals surface area (Å²) >= 11 is 3.48. The average Bonchev–Trinajstić information content (AvgIpc) is 2.82. The summed E-state index contributed by atoms with van der Waals surface area (Å²) in [4.78, 5) is 0. The van der Waals surface area contributed by atoms with Gasteiger partial charge in [-0.3, -0.25) is 11.3 Å². The minimum atomic E-state index is 0.0257. The first-order chi connectivity index (χ1) is 9.13. The molecule has 0 saturated carbocycles. The molecule has 0 aliphatic heterocycles. The molecule has 19 heavy (non-hydrogen) atoms. The number of benzene rings is 1. The van der Waals surface area contributed by atoms with Gasteiger partial charge in [0, 0.05) is 5.56 Å². The van der Waals surface area contributed by atoms with E-state index in [9.17, 15) is 0 Å². The lowest BCUT2D eigenvalue weighted by molar-refractivity contribution is 0.412. The molecule has 4 nitrogen and oxygen atoms in total. The molecule has 0 amide bonds. The molecule has 1 aromatic heterocycles. The standard InChI is InChI=1S/C14H17BrN2O2/c1-9-5-11(8-19-9)13(17-16)7-10-3-4-14(18-2)12(15)6-10/h3-6,8,13,17H,7,16H2,1-2H3. The summed E-state index contributed by atoms with van der Waals surface area (Å²) in [6.07, 6.45) is 2.51. The summed E-state index contributed by atoms with van der Waals surface area (Å²) in [5.74, 6) is 7.33. The van der Waals surface area contributed by atoms with Crippen molar-refractivity contribution in [2.45, 2.75) is 19.4 Å². The van der Waals surface area contributed by atoms with Gasteiger partial charge in [0.2, 0.25) is 0 Å². The summed E-state index contributed by atoms with van der Waals surface area (Å²) < 4.78 is 11.5. The normalized spacial score (nSPS) is 12.4. The van der Waals surface area contributed by atoms with Crippen molar-refractivity contribution in [1.82, 2.24) is 5.43 Å². The van der Waals surface area contributed by atoms with Crippen molar-refractivity contribution >= 4 is 15.9 Å². The number of aryl methyl sites for hydroxylation is 1. The molecular formula is C14H17BrN2O2. The van der Waals surface area contributed by atoms with E-state index in [0.717, 1.165) is 33.5 Å². The minimum absolute atomic E-state index is 0.0257. The molecule has 0 bridgehead atoms. The Hall–Kier alpha value is -1.30. The lowest BCUT2D eigenvalue weighted by Crippen LogP contribution is -2.29. The second-order valence-electron chi connectivity index (χ2n) is 4.38. The number of hydrogen-bond donors (Lipinski definition) is 2. The van der Waals surface area contributed by atoms with Gasteiger partial charge < -0.3 is 9.15 Å². The van der Waals surface area contributed by atoms with Crippen molar-refractivity contribution in [3.8, 4) is 5.75 Å². The number of ether oxygens (including phenoxy) is 1. The quantitative estimate of drug-likeness (QED) is 0.655. The van der Waals surface area contributed by atoms with Gasteiger partial charge >= 0.3 is 0 Å². The van der Waals surface area contributed by atoms with Crippen molar-refractivity contribution < 1.29 is 9.15 Å². The zero-order chi connectivity index (χ0) is 13.8. The second-order valence-corrected chi connectivity index (χ2v) is 5.24. The van der Waals surface area contributed by atoms with Gasteiger partial charge in [-0.15, -0.1) is 0 Å². The van der Waals surface area contributed by atoms with Crippen LogP contribution in [-0.4, -0.2) is 7.11 Å². The molecule has 5 heteroatoms. The molecule has 102 valence electrons. The fraction of sp³-hybridized carbons (Fsp3) is 0.286. The zero-order valence-corrected chi connectivity index (χ0v) is 12.5. The van der Waals surface area contributed by atoms with Crippen LogP contribution in [-0.2, 0) is 6.42 Å². The van der Waals surface area contributed by atoms with Crippen LogP contribution in [0.15, 0.2) is 39.4 Å². The predicted molar refractivity (Wildman–Crippen MR) is 77.9 cm³/mol. The van der Waals surface area contributed by atoms with Crippen LogP contribution in [0.3, 0.4) is 0 Å². The third-order valence-corrected chi connectivity index (χ3v) is 3.63. The molecule has 0 aliphatic rings. The van der Waals surface area contributed by atoms with Crippen LogP contribution >= 0.6 is 15.9 Å². The van der Waals surface area contributed by atoms with Crippen molar-refractivity contribution in [1.29, 1.82) is 0 Å². The van der Waals surface area contributed by atoms with Crippen molar-refractivity contribution in [2.24, 2.45) is 5.84 Å². The molecule has 0 spiro atoms. The summed E-state index contributed by atoms with van der Waals surface area (Å²) in [7, 11) is 1.65. The van der Waals surface area contributed by atoms with E-state index in [0.29, 0.717) is 0 Å². The first-order valence-electron chi connectivity index (χ1n) is 5.97. The highest BCUT2D eigenvalue weighted by molar-refractivity contribution is 9.10. The Bertz CT molecular complexity index is 554. The van der Waals surface area contributed by atoms with Crippen LogP contribution < -0.4 is 16.0 Å². The van der Waals surface area contributed by atoms with Crippen molar-refractivity contribution in [3.05, 3.63) is 51.9 Å². The number of halogens is 1. The molecule has 0 saturated heterocycles. The number of hydrazine groups is 1. The number of nitrogens with one attached hydrogen (secondary N) is 1. The van der Waals surface area contributed by atoms with Gasteiger partial charge in [0.05, 0.1) is 23.9 Å². The van der Waals surface area contributed by atoms with Crippen LogP contribution in [0.25, 0.3) is 0 Å². The van der Waals surface area contributed by atoms with Crippen LogP contribution in [0.4, 0.5) is 0 Å². The molecule has 0 fully saturated rings. The third kappa shape index (κ3) is 3.37. The molecule has 1 unspecified atom stereocenters. The highest BCUT2D eigenvalue weighted by Gasteiger charge is 2.13. The molecule has 1 aromatic carbocycles. The molecule has 0 aliphatic carbocycles. The van der Waals surface area contributed by atoms with E-state index in [1.807, 2.05) is 31.2 Å². The molecule has 3 N–H and O–H groups in total. The summed E-state index contributed by atoms with van der Waals surface area (Å²) in [5, 5.41) is 0. The monoisotopic (exact) mass is 324 g/mol. The second kappa shape index (κ2) is 6.23. The largest absolute Gasteiger partial charge is 0.496 e. The van der Waals surface area contributed by atoms with Gasteiger partial charge in [0.25, 0.3) is 0 Å². The Morgan fingerprint density at radius 2 is 2.21 bits per heavy atom. The fourth-order valence-electron chi connectivity index (χ4n) is 1.99. The van der Waals surface area contributed by atoms with E-state index in [1.165, 1.54) is 0 Å². The zero-order valence-electron chi connectivity index (χ0n) is 10.9. The number of furan rings is 1. The highest BCUT2D eigenvalue weighted by Crippen LogP contribution is 2.28. The number of hydrogen-bond acceptors (Lipinski definition) is 4. The van der Waals surface area contributed by atoms with E-state index in [-0.39, 0.29) is 6.04 Å². The molecule has 2 aromatic rings. The maximum Gasteiger partial charge on any atom is 0.133 e. The Morgan fingerprint density at radius 3 is 2.74 bits per heavy atom. The first kappa shape index (κ1) is 14.1. The van der Waals surface area contributed by atoms with Gasteiger partial charge in [-0.25, -0.2) is 0 Å². The van der Waals surface area contributed by atoms with Gasteiger partial charge in [-0.1, -0.05) is 6.07 Å². The van der Waals surface area contributed by atoms with E-state index in [2.05, 4.69) is 21.4 Å². The molecule has 0 radical (unpaired) electrons. The van der Waals surface area contributed by atoms with Crippen LogP contribution in [0.1, 0.15) is 22.9 Å². The van der Waals surface area contributed by atoms with Gasteiger partial charge in [0.1, 0.15) is 11.5 Å². The van der Waals surface area contributed by atoms with Gasteiger partial charge in [-0.05, 0) is 53.0 Å². The fourth-order valence-corrected chi connectivity index (χ4v) is 2.58. The predicted octanol–water partition coefficient (Wildman–Crippen LogP) is 3.11. The Morgan fingerprint density at radius 1 is 1.42 bits per heavy atom. The molecule has 2 rings (SSSR count). The van der Waals surface area contributed by atoms with Gasteiger partial charge in [0.15, 0.2) is 0 Å². The van der Waals surface area contributed by atoms with Crippen LogP contribution in [0, 0.1) is 6.92 Å². The molecular weight excluding hydrogens is 308 g/mol. The maximum absolute atomic E-state index is 5.63. The highest BCUT2D eigenvalue weighted by atomic mass is 79.9. The lowest BCUT2D eigenvalue weighted by atomic mass is 10.0. The number of rotatable bonds is 5. The van der Waals surface area contributed by atoms with E-state index in [4.69, 9.17) is 15.0 Å². The summed E-state index contributed by atoms with van der Waals surface area (Å²) in [6.45, 7) is 1.92. The third-order valence-electron chi connectivity index (χ3n) is 3.01. The first-order valence-corrected chi connectivity index (χ1v) is 6.77. The van der Waals surface area contributed by atoms with E-state index in [1.54, 1.807) is 13.4 Å². The Labute approximate surface area is 121 Å². The number of nitrogens with two attached hydrogens (primary N) is 1. The Kier molecular flexibility index (Phi) is 4.63. The van der Waals surface area contributed by atoms with Crippen molar-refractivity contribution in [3.63, 3.8) is 0 Å². The number of methoxy groups -OCH3 is 1. The minimum Gasteiger partial charge on any atom is -0.496 e. The lowest BCUT2D eigenvalue weighted by Gasteiger charge is -2.15. The molecule has 1 atom stereocenters. The van der Waals surface area contributed by atoms with Crippen LogP contribution in [0.5, 0.6) is 5.75 Å². The SMILES string of the molecule is COc1ccc(CC(NN)c2coc(C)c2)cc1Br. The summed E-state index contributed by atoms with van der Waals surface area (Å²) in [5.41, 5.74) is 5.03. The van der Waals surface area contributed by atoms with E-state index >= 15 is 0 Å². The van der Waals surface area contributed by atoms with Crippen molar-refractivity contribution in [2.75, 3.05) is 7.11 Å². The summed E-state index contributed by atoms with van der Waals surface area (Å²) in [6, 6.07) is 8.02.